The number of pyridine rings is 2. The molecule has 0 saturated heterocycles. The molecule has 0 fully saturated rings. The number of likely N-dealkylation sites (N-methyl/N-ethyl adjacent to an activating group) is 2. The number of nitrogens with zero attached hydrogens (tertiary/aromatic N) is 3. The van der Waals surface area contributed by atoms with Crippen LogP contribution in [0.25, 0.3) is 0 Å². The normalized spacial score (nSPS) is 21.4. The van der Waals surface area contributed by atoms with Gasteiger partial charge in [-0.1, -0.05) is 0 Å². The van der Waals surface area contributed by atoms with Gasteiger partial charge in [0.1, 0.15) is 12.1 Å². The van der Waals surface area contributed by atoms with Crippen molar-refractivity contribution in [3.63, 3.8) is 0 Å². The number of rotatable bonds is 2. The van der Waals surface area contributed by atoms with Gasteiger partial charge in [-0.15, -0.1) is 0 Å². The van der Waals surface area contributed by atoms with Crippen molar-refractivity contribution >= 4 is 0 Å². The number of aromatic nitrogens is 3. The van der Waals surface area contributed by atoms with E-state index in [-0.39, 0.29) is 37.0 Å². The van der Waals surface area contributed by atoms with Crippen molar-refractivity contribution in [1.29, 1.82) is 0 Å². The van der Waals surface area contributed by atoms with Crippen LogP contribution in [0, 0.1) is 0 Å². The molecule has 2 aliphatic heterocycles. The third kappa shape index (κ3) is 8.01. The molecule has 4 N–H and O–H groups in total. The standard InChI is InChI=1S/C23H27N5.2C3H8O.2ClH/c1-26-12-8-18-20(22(26)16-6-4-10-24-14-16)21-19(28(18)3)9-13-27(2)23(21)17-7-5-11-25-15-17;2*1-3(2)4;;/h4-7,10-11,14-15,22-23H,8-9,12-13H2,1-3H3;2*3-4H,1-2H3;2*1H. The number of hydrogen-bond acceptors (Lipinski definition) is 4. The Labute approximate surface area is 240 Å². The summed E-state index contributed by atoms with van der Waals surface area (Å²) in [6, 6.07) is 9.32. The number of aliphatic hydroxyl groups is 2. The van der Waals surface area contributed by atoms with Crippen molar-refractivity contribution in [2.45, 2.75) is 64.8 Å². The molecule has 0 aliphatic carbocycles. The van der Waals surface area contributed by atoms with E-state index in [1.807, 2.05) is 12.4 Å². The summed E-state index contributed by atoms with van der Waals surface area (Å²) in [6.07, 6.45) is 9.81. The largest absolute Gasteiger partial charge is 1.00 e. The number of aliphatic hydroxyl groups excluding tert-OH is 2. The zero-order valence-electron chi connectivity index (χ0n) is 23.7. The number of quaternary nitrogens is 2. The van der Waals surface area contributed by atoms with Crippen molar-refractivity contribution in [2.75, 3.05) is 27.2 Å². The second kappa shape index (κ2) is 15.6. The van der Waals surface area contributed by atoms with Gasteiger partial charge >= 0.3 is 0 Å². The van der Waals surface area contributed by atoms with Crippen molar-refractivity contribution in [2.24, 2.45) is 7.05 Å². The fourth-order valence-corrected chi connectivity index (χ4v) is 5.49. The fourth-order valence-electron chi connectivity index (χ4n) is 5.49. The maximum absolute atomic E-state index is 8.06. The lowest BCUT2D eigenvalue weighted by molar-refractivity contribution is -0.912. The Hall–Kier alpha value is -2.00. The first-order valence-electron chi connectivity index (χ1n) is 13.1. The first kappa shape index (κ1) is 34.0. The quantitative estimate of drug-likeness (QED) is 0.251. The maximum Gasteiger partial charge on any atom is 0.142 e. The van der Waals surface area contributed by atoms with Crippen molar-refractivity contribution < 1.29 is 44.8 Å². The summed E-state index contributed by atoms with van der Waals surface area (Å²) < 4.78 is 2.51. The van der Waals surface area contributed by atoms with Crippen LogP contribution in [0.1, 0.15) is 73.4 Å². The van der Waals surface area contributed by atoms with Gasteiger partial charge in [0, 0.05) is 90.5 Å². The monoisotopic (exact) mass is 565 g/mol. The topological polar surface area (TPSA) is 80.0 Å². The van der Waals surface area contributed by atoms with Crippen LogP contribution < -0.4 is 34.6 Å². The van der Waals surface area contributed by atoms with E-state index in [4.69, 9.17) is 10.2 Å². The predicted octanol–water partition coefficient (Wildman–Crippen LogP) is -5.08. The summed E-state index contributed by atoms with van der Waals surface area (Å²) in [5.74, 6) is 0. The number of hydrogen-bond donors (Lipinski definition) is 4. The van der Waals surface area contributed by atoms with E-state index in [1.54, 1.807) is 48.6 Å². The van der Waals surface area contributed by atoms with E-state index in [0.29, 0.717) is 12.1 Å². The molecule has 4 atom stereocenters. The molecular formula is C29H45Cl2N5O2. The molecule has 0 radical (unpaired) electrons. The van der Waals surface area contributed by atoms with E-state index < -0.39 is 0 Å². The number of nitrogens with one attached hydrogen (secondary N) is 2. The summed E-state index contributed by atoms with van der Waals surface area (Å²) >= 11 is 0. The molecular weight excluding hydrogens is 521 g/mol. The second-order valence-electron chi connectivity index (χ2n) is 10.6. The van der Waals surface area contributed by atoms with E-state index >= 15 is 0 Å². The van der Waals surface area contributed by atoms with Crippen LogP contribution in [0.2, 0.25) is 0 Å². The second-order valence-corrected chi connectivity index (χ2v) is 10.6. The van der Waals surface area contributed by atoms with Gasteiger partial charge in [0.2, 0.25) is 0 Å². The molecule has 9 heteroatoms. The minimum atomic E-state index is -0.167. The summed E-state index contributed by atoms with van der Waals surface area (Å²) in [7, 11) is 6.94. The Balaban J connectivity index is 0.000000642. The highest BCUT2D eigenvalue weighted by Crippen LogP contribution is 2.38. The van der Waals surface area contributed by atoms with Crippen LogP contribution in [-0.2, 0) is 19.9 Å². The Morgan fingerprint density at radius 1 is 0.763 bits per heavy atom. The molecule has 0 bridgehead atoms. The molecule has 0 spiro atoms. The molecule has 0 aromatic carbocycles. The zero-order chi connectivity index (χ0) is 26.4. The van der Waals surface area contributed by atoms with Gasteiger partial charge in [-0.3, -0.25) is 9.97 Å². The Morgan fingerprint density at radius 2 is 1.11 bits per heavy atom. The molecule has 0 amide bonds. The van der Waals surface area contributed by atoms with E-state index in [1.165, 1.54) is 22.5 Å². The average Bonchev–Trinajstić information content (AvgIpc) is 3.11. The van der Waals surface area contributed by atoms with Gasteiger partial charge in [0.15, 0.2) is 0 Å². The Bertz CT molecular complexity index is 1000. The SMILES string of the molecule is CC(C)O.CC(C)O.Cn1c2c(c3c1CC[NH+](C)C3c1cccnc1)C(c1cccnc1)[NH+](C)CC2.[Cl-].[Cl-]. The van der Waals surface area contributed by atoms with Gasteiger partial charge in [0.05, 0.1) is 27.2 Å². The first-order chi connectivity index (χ1) is 17.1. The fraction of sp³-hybridized carbons (Fsp3) is 0.517. The summed E-state index contributed by atoms with van der Waals surface area (Å²) in [4.78, 5) is 12.0. The molecule has 3 aromatic heterocycles. The summed E-state index contributed by atoms with van der Waals surface area (Å²) in [5, 5.41) is 16.1. The molecule has 5 rings (SSSR count). The lowest BCUT2D eigenvalue weighted by Gasteiger charge is -2.34. The van der Waals surface area contributed by atoms with Crippen molar-refractivity contribution in [3.05, 3.63) is 82.7 Å². The van der Waals surface area contributed by atoms with Crippen molar-refractivity contribution in [3.8, 4) is 0 Å². The van der Waals surface area contributed by atoms with Crippen LogP contribution in [0.3, 0.4) is 0 Å². The highest BCUT2D eigenvalue weighted by atomic mass is 35.5. The van der Waals surface area contributed by atoms with Crippen LogP contribution >= 0.6 is 0 Å². The molecule has 3 aromatic rings. The Kier molecular flexibility index (Phi) is 13.9. The number of fused-ring (bicyclic) bond motifs is 3. The van der Waals surface area contributed by atoms with Gasteiger partial charge in [-0.05, 0) is 52.0 Å². The van der Waals surface area contributed by atoms with E-state index in [2.05, 4.69) is 72.3 Å². The molecule has 4 unspecified atom stereocenters. The van der Waals surface area contributed by atoms with Crippen molar-refractivity contribution in [1.82, 2.24) is 14.5 Å². The van der Waals surface area contributed by atoms with Crippen LogP contribution in [0.4, 0.5) is 0 Å². The highest BCUT2D eigenvalue weighted by molar-refractivity contribution is 5.49. The maximum atomic E-state index is 8.06. The highest BCUT2D eigenvalue weighted by Gasteiger charge is 2.43. The Morgan fingerprint density at radius 3 is 1.39 bits per heavy atom. The lowest BCUT2D eigenvalue weighted by atomic mass is 9.84. The van der Waals surface area contributed by atoms with E-state index in [0.717, 1.165) is 25.9 Å². The third-order valence-electron chi connectivity index (χ3n) is 6.83. The van der Waals surface area contributed by atoms with Gasteiger partial charge in [-0.2, -0.15) is 0 Å². The number of halogens is 2. The summed E-state index contributed by atoms with van der Waals surface area (Å²) in [6.45, 7) is 9.20. The zero-order valence-corrected chi connectivity index (χ0v) is 25.3. The molecule has 38 heavy (non-hydrogen) atoms. The third-order valence-corrected chi connectivity index (χ3v) is 6.83. The van der Waals surface area contributed by atoms with Gasteiger partial charge in [0.25, 0.3) is 0 Å². The van der Waals surface area contributed by atoms with Gasteiger partial charge < -0.3 is 49.4 Å². The predicted molar refractivity (Wildman–Crippen MR) is 143 cm³/mol. The lowest BCUT2D eigenvalue weighted by Crippen LogP contribution is -3.11. The molecule has 0 saturated carbocycles. The van der Waals surface area contributed by atoms with Crippen LogP contribution in [0.5, 0.6) is 0 Å². The smallest absolute Gasteiger partial charge is 0.142 e. The average molecular weight is 567 g/mol. The molecule has 7 nitrogen and oxygen atoms in total. The summed E-state index contributed by atoms with van der Waals surface area (Å²) in [5.41, 5.74) is 8.77. The van der Waals surface area contributed by atoms with Gasteiger partial charge in [-0.25, -0.2) is 0 Å². The molecule has 5 heterocycles. The minimum absolute atomic E-state index is 0. The molecule has 2 aliphatic rings. The molecule has 212 valence electrons. The van der Waals surface area contributed by atoms with Crippen LogP contribution in [-0.4, -0.2) is 64.1 Å². The first-order valence-corrected chi connectivity index (χ1v) is 13.1. The van der Waals surface area contributed by atoms with Crippen LogP contribution in [0.15, 0.2) is 49.1 Å². The van der Waals surface area contributed by atoms with E-state index in [9.17, 15) is 0 Å². The minimum Gasteiger partial charge on any atom is -1.00 e.